The van der Waals surface area contributed by atoms with E-state index in [4.69, 9.17) is 0 Å². The van der Waals surface area contributed by atoms with Gasteiger partial charge in [0, 0.05) is 5.56 Å². The molecular formula is C20H16F2N2O2S. The van der Waals surface area contributed by atoms with Crippen molar-refractivity contribution in [2.45, 2.75) is 13.8 Å². The van der Waals surface area contributed by atoms with Crippen molar-refractivity contribution in [2.75, 3.05) is 10.6 Å². The summed E-state index contributed by atoms with van der Waals surface area (Å²) < 4.78 is 27.2. The Morgan fingerprint density at radius 2 is 1.70 bits per heavy atom. The molecule has 27 heavy (non-hydrogen) atoms. The van der Waals surface area contributed by atoms with Crippen molar-refractivity contribution in [1.82, 2.24) is 0 Å². The summed E-state index contributed by atoms with van der Waals surface area (Å²) in [4.78, 5) is 25.0. The smallest absolute Gasteiger partial charge is 0.266 e. The zero-order valence-corrected chi connectivity index (χ0v) is 15.4. The Morgan fingerprint density at radius 1 is 0.926 bits per heavy atom. The van der Waals surface area contributed by atoms with Crippen LogP contribution in [0, 0.1) is 25.5 Å². The summed E-state index contributed by atoms with van der Waals surface area (Å²) in [5.74, 6) is -1.97. The van der Waals surface area contributed by atoms with Gasteiger partial charge < -0.3 is 10.6 Å². The van der Waals surface area contributed by atoms with Crippen molar-refractivity contribution in [1.29, 1.82) is 0 Å². The Hall–Kier alpha value is -3.06. The molecule has 2 aromatic carbocycles. The molecule has 0 aliphatic carbocycles. The number of hydrogen-bond donors (Lipinski definition) is 2. The fourth-order valence-corrected chi connectivity index (χ4v) is 3.45. The average Bonchev–Trinajstić information content (AvgIpc) is 2.97. The van der Waals surface area contributed by atoms with Crippen LogP contribution in [0.25, 0.3) is 0 Å². The number of thiophene rings is 1. The summed E-state index contributed by atoms with van der Waals surface area (Å²) in [6.45, 7) is 3.47. The second-order valence-electron chi connectivity index (χ2n) is 6.02. The van der Waals surface area contributed by atoms with Crippen LogP contribution < -0.4 is 10.6 Å². The molecule has 0 aliphatic heterocycles. The Balaban J connectivity index is 1.75. The summed E-state index contributed by atoms with van der Waals surface area (Å²) in [6.07, 6.45) is 0. The van der Waals surface area contributed by atoms with E-state index in [9.17, 15) is 18.4 Å². The van der Waals surface area contributed by atoms with Gasteiger partial charge in [0.1, 0.15) is 11.6 Å². The van der Waals surface area contributed by atoms with Crippen LogP contribution in [-0.4, -0.2) is 11.8 Å². The van der Waals surface area contributed by atoms with Gasteiger partial charge in [-0.15, -0.1) is 11.3 Å². The van der Waals surface area contributed by atoms with E-state index in [0.717, 1.165) is 23.0 Å². The third-order valence-corrected chi connectivity index (χ3v) is 4.97. The number of halogens is 2. The van der Waals surface area contributed by atoms with Crippen LogP contribution in [0.4, 0.5) is 19.5 Å². The lowest BCUT2D eigenvalue weighted by Gasteiger charge is -2.06. The highest BCUT2D eigenvalue weighted by Crippen LogP contribution is 2.28. The highest BCUT2D eigenvalue weighted by molar-refractivity contribution is 7.18. The Labute approximate surface area is 158 Å². The van der Waals surface area contributed by atoms with Gasteiger partial charge in [0.25, 0.3) is 11.8 Å². The van der Waals surface area contributed by atoms with Crippen molar-refractivity contribution in [3.63, 3.8) is 0 Å². The van der Waals surface area contributed by atoms with E-state index >= 15 is 0 Å². The molecule has 0 fully saturated rings. The number of carbonyl (C=O) groups is 2. The molecule has 0 spiro atoms. The molecule has 4 nitrogen and oxygen atoms in total. The highest BCUT2D eigenvalue weighted by atomic mass is 32.1. The topological polar surface area (TPSA) is 58.2 Å². The largest absolute Gasteiger partial charge is 0.319 e. The summed E-state index contributed by atoms with van der Waals surface area (Å²) in [5, 5.41) is 5.62. The van der Waals surface area contributed by atoms with Gasteiger partial charge >= 0.3 is 0 Å². The lowest BCUT2D eigenvalue weighted by molar-refractivity contribution is 0.101. The maximum atomic E-state index is 13.9. The standard InChI is InChI=1S/C20H16F2N2O2S/c1-11-6-7-16(15(22)8-11)23-20(26)18-12(2)9-17(27-18)24-19(25)13-4-3-5-14(21)10-13/h3-10H,1-2H3,(H,23,26)(H,24,25). The van der Waals surface area contributed by atoms with E-state index in [-0.39, 0.29) is 11.3 Å². The predicted molar refractivity (Wildman–Crippen MR) is 102 cm³/mol. The molecule has 3 aromatic rings. The van der Waals surface area contributed by atoms with E-state index in [1.54, 1.807) is 26.0 Å². The van der Waals surface area contributed by atoms with Gasteiger partial charge in [-0.3, -0.25) is 9.59 Å². The molecule has 2 amide bonds. The first-order valence-corrected chi connectivity index (χ1v) is 8.90. The molecule has 0 unspecified atom stereocenters. The molecule has 3 rings (SSSR count). The van der Waals surface area contributed by atoms with Gasteiger partial charge in [-0.05, 0) is 61.4 Å². The molecule has 0 radical (unpaired) electrons. The molecular weight excluding hydrogens is 370 g/mol. The molecule has 0 saturated heterocycles. The molecule has 0 bridgehead atoms. The van der Waals surface area contributed by atoms with Crippen LogP contribution in [0.15, 0.2) is 48.5 Å². The Bertz CT molecular complexity index is 1030. The molecule has 0 saturated carbocycles. The highest BCUT2D eigenvalue weighted by Gasteiger charge is 2.17. The monoisotopic (exact) mass is 386 g/mol. The van der Waals surface area contributed by atoms with E-state index in [0.29, 0.717) is 15.4 Å². The quantitative estimate of drug-likeness (QED) is 0.652. The Morgan fingerprint density at radius 3 is 2.41 bits per heavy atom. The van der Waals surface area contributed by atoms with Gasteiger partial charge in [0.15, 0.2) is 0 Å². The lowest BCUT2D eigenvalue weighted by Crippen LogP contribution is -2.12. The number of carbonyl (C=O) groups excluding carboxylic acids is 2. The fraction of sp³-hybridized carbons (Fsp3) is 0.100. The van der Waals surface area contributed by atoms with Crippen LogP contribution in [0.2, 0.25) is 0 Å². The second kappa shape index (κ2) is 7.67. The van der Waals surface area contributed by atoms with Crippen LogP contribution in [-0.2, 0) is 0 Å². The average molecular weight is 386 g/mol. The van der Waals surface area contributed by atoms with Gasteiger partial charge in [0.05, 0.1) is 15.6 Å². The first-order valence-electron chi connectivity index (χ1n) is 8.08. The molecule has 1 aromatic heterocycles. The first kappa shape index (κ1) is 18.7. The maximum absolute atomic E-state index is 13.9. The van der Waals surface area contributed by atoms with E-state index in [2.05, 4.69) is 10.6 Å². The fourth-order valence-electron chi connectivity index (χ4n) is 2.48. The number of aryl methyl sites for hydroxylation is 2. The molecule has 138 valence electrons. The van der Waals surface area contributed by atoms with E-state index in [1.165, 1.54) is 30.3 Å². The molecule has 7 heteroatoms. The Kier molecular flexibility index (Phi) is 5.32. The first-order chi connectivity index (χ1) is 12.8. The van der Waals surface area contributed by atoms with Crippen molar-refractivity contribution in [2.24, 2.45) is 0 Å². The van der Waals surface area contributed by atoms with Crippen molar-refractivity contribution >= 4 is 33.8 Å². The molecule has 0 aliphatic rings. The van der Waals surface area contributed by atoms with E-state index in [1.807, 2.05) is 0 Å². The van der Waals surface area contributed by atoms with E-state index < -0.39 is 23.4 Å². The number of amides is 2. The SMILES string of the molecule is Cc1ccc(NC(=O)c2sc(NC(=O)c3cccc(F)c3)cc2C)c(F)c1. The molecule has 1 heterocycles. The van der Waals surface area contributed by atoms with Gasteiger partial charge in [-0.25, -0.2) is 8.78 Å². The minimum absolute atomic E-state index is 0.0868. The van der Waals surface area contributed by atoms with Crippen LogP contribution in [0.5, 0.6) is 0 Å². The summed E-state index contributed by atoms with van der Waals surface area (Å²) >= 11 is 1.06. The van der Waals surface area contributed by atoms with Gasteiger partial charge in [0.2, 0.25) is 0 Å². The zero-order valence-electron chi connectivity index (χ0n) is 14.6. The summed E-state index contributed by atoms with van der Waals surface area (Å²) in [5.41, 5.74) is 1.65. The number of hydrogen-bond acceptors (Lipinski definition) is 3. The number of anilines is 2. The number of benzene rings is 2. The van der Waals surface area contributed by atoms with Crippen molar-refractivity contribution in [3.8, 4) is 0 Å². The maximum Gasteiger partial charge on any atom is 0.266 e. The minimum Gasteiger partial charge on any atom is -0.319 e. The van der Waals surface area contributed by atoms with Crippen LogP contribution >= 0.6 is 11.3 Å². The summed E-state index contributed by atoms with van der Waals surface area (Å²) in [7, 11) is 0. The molecule has 0 atom stereocenters. The van der Waals surface area contributed by atoms with Crippen LogP contribution in [0.3, 0.4) is 0 Å². The lowest BCUT2D eigenvalue weighted by atomic mass is 10.2. The summed E-state index contributed by atoms with van der Waals surface area (Å²) in [6, 6.07) is 11.5. The zero-order chi connectivity index (χ0) is 19.6. The predicted octanol–water partition coefficient (Wildman–Crippen LogP) is 5.15. The minimum atomic E-state index is -0.516. The van der Waals surface area contributed by atoms with Crippen molar-refractivity contribution < 1.29 is 18.4 Å². The third kappa shape index (κ3) is 4.38. The van der Waals surface area contributed by atoms with Gasteiger partial charge in [-0.2, -0.15) is 0 Å². The van der Waals surface area contributed by atoms with Crippen molar-refractivity contribution in [3.05, 3.63) is 81.7 Å². The van der Waals surface area contributed by atoms with Crippen LogP contribution in [0.1, 0.15) is 31.2 Å². The second-order valence-corrected chi connectivity index (χ2v) is 7.08. The normalized spacial score (nSPS) is 10.5. The third-order valence-electron chi connectivity index (χ3n) is 3.82. The number of rotatable bonds is 4. The molecule has 2 N–H and O–H groups in total. The van der Waals surface area contributed by atoms with Gasteiger partial charge in [-0.1, -0.05) is 12.1 Å². The number of nitrogens with one attached hydrogen (secondary N) is 2.